The summed E-state index contributed by atoms with van der Waals surface area (Å²) < 4.78 is 15.5. The first-order valence-corrected chi connectivity index (χ1v) is 6.23. The molecular weight excluding hydrogens is 260 g/mol. The molecule has 0 bridgehead atoms. The highest BCUT2D eigenvalue weighted by molar-refractivity contribution is 6.05. The number of carbonyl (C=O) groups is 1. The van der Waals surface area contributed by atoms with Crippen LogP contribution in [0.4, 0.5) is 0 Å². The van der Waals surface area contributed by atoms with Gasteiger partial charge in [-0.05, 0) is 37.6 Å². The number of fused-ring (bicyclic) bond motifs is 3. The number of esters is 1. The largest absolute Gasteiger partial charge is 0.464 e. The second-order valence-corrected chi connectivity index (χ2v) is 4.44. The fourth-order valence-electron chi connectivity index (χ4n) is 2.20. The van der Waals surface area contributed by atoms with Gasteiger partial charge < -0.3 is 13.6 Å². The highest BCUT2D eigenvalue weighted by Gasteiger charge is 2.17. The lowest BCUT2D eigenvalue weighted by Gasteiger charge is -2.03. The quantitative estimate of drug-likeness (QED) is 0.529. The van der Waals surface area contributed by atoms with E-state index in [0.717, 1.165) is 10.9 Å². The minimum Gasteiger partial charge on any atom is -0.464 e. The van der Waals surface area contributed by atoms with Crippen LogP contribution in [0.3, 0.4) is 0 Å². The van der Waals surface area contributed by atoms with Crippen molar-refractivity contribution in [2.75, 3.05) is 6.61 Å². The van der Waals surface area contributed by atoms with Crippen LogP contribution in [-0.2, 0) is 4.74 Å². The molecule has 0 aliphatic heterocycles. The lowest BCUT2D eigenvalue weighted by molar-refractivity contribution is 0.0522. The van der Waals surface area contributed by atoms with E-state index >= 15 is 0 Å². The maximum Gasteiger partial charge on any atom is 0.351 e. The minimum atomic E-state index is -0.705. The number of benzene rings is 1. The molecule has 0 aliphatic rings. The fourth-order valence-corrected chi connectivity index (χ4v) is 2.20. The Morgan fingerprint density at radius 2 is 2.15 bits per heavy atom. The van der Waals surface area contributed by atoms with Gasteiger partial charge in [-0.3, -0.25) is 0 Å². The summed E-state index contributed by atoms with van der Waals surface area (Å²) >= 11 is 0. The molecule has 0 saturated carbocycles. The Morgan fingerprint density at radius 1 is 1.35 bits per heavy atom. The highest BCUT2D eigenvalue weighted by Crippen LogP contribution is 2.28. The Morgan fingerprint density at radius 3 is 2.90 bits per heavy atom. The lowest BCUT2D eigenvalue weighted by atomic mass is 10.1. The van der Waals surface area contributed by atoms with Gasteiger partial charge in [0.2, 0.25) is 0 Å². The van der Waals surface area contributed by atoms with Gasteiger partial charge in [-0.15, -0.1) is 0 Å². The molecule has 1 aromatic carbocycles. The summed E-state index contributed by atoms with van der Waals surface area (Å²) in [6, 6.07) is 5.01. The van der Waals surface area contributed by atoms with Crippen molar-refractivity contribution in [3.63, 3.8) is 0 Å². The average Bonchev–Trinajstić information content (AvgIpc) is 2.80. The van der Waals surface area contributed by atoms with Crippen LogP contribution in [0, 0.1) is 6.92 Å². The van der Waals surface area contributed by atoms with E-state index in [4.69, 9.17) is 13.6 Å². The van der Waals surface area contributed by atoms with E-state index in [1.807, 2.05) is 6.92 Å². The van der Waals surface area contributed by atoms with Crippen molar-refractivity contribution < 1.29 is 18.4 Å². The van der Waals surface area contributed by atoms with Crippen LogP contribution in [0.1, 0.15) is 22.8 Å². The second kappa shape index (κ2) is 4.52. The van der Waals surface area contributed by atoms with Crippen molar-refractivity contribution in [3.05, 3.63) is 46.0 Å². The first kappa shape index (κ1) is 12.5. The molecule has 0 spiro atoms. The molecule has 0 amide bonds. The summed E-state index contributed by atoms with van der Waals surface area (Å²) in [5.74, 6) is -0.674. The average molecular weight is 272 g/mol. The minimum absolute atomic E-state index is 0.0974. The van der Waals surface area contributed by atoms with Gasteiger partial charge in [0.05, 0.1) is 18.3 Å². The Labute approximate surface area is 113 Å². The molecule has 0 N–H and O–H groups in total. The Hall–Kier alpha value is -2.56. The smallest absolute Gasteiger partial charge is 0.351 e. The van der Waals surface area contributed by atoms with E-state index in [9.17, 15) is 9.59 Å². The Balaban J connectivity index is 2.32. The standard InChI is InChI=1S/C15H12O5/c1-3-18-14(16)10-6-9-4-5-11-12(8(2)7-19-11)13(9)20-15(10)17/h4-7H,3H2,1-2H3. The van der Waals surface area contributed by atoms with Crippen LogP contribution in [0.5, 0.6) is 0 Å². The van der Waals surface area contributed by atoms with E-state index < -0.39 is 11.6 Å². The number of furan rings is 1. The van der Waals surface area contributed by atoms with Crippen LogP contribution in [0.15, 0.2) is 38.1 Å². The first-order valence-electron chi connectivity index (χ1n) is 6.23. The molecule has 0 radical (unpaired) electrons. The van der Waals surface area contributed by atoms with Gasteiger partial charge in [0.25, 0.3) is 0 Å². The zero-order chi connectivity index (χ0) is 14.3. The number of carbonyl (C=O) groups excluding carboxylic acids is 1. The summed E-state index contributed by atoms with van der Waals surface area (Å²) in [7, 11) is 0. The summed E-state index contributed by atoms with van der Waals surface area (Å²) in [6.45, 7) is 3.75. The molecule has 20 heavy (non-hydrogen) atoms. The summed E-state index contributed by atoms with van der Waals surface area (Å²) in [6.07, 6.45) is 1.60. The predicted octanol–water partition coefficient (Wildman–Crippen LogP) is 3.02. The summed E-state index contributed by atoms with van der Waals surface area (Å²) in [4.78, 5) is 23.6. The number of hydrogen-bond acceptors (Lipinski definition) is 5. The molecule has 0 unspecified atom stereocenters. The van der Waals surface area contributed by atoms with Gasteiger partial charge in [-0.1, -0.05) is 0 Å². The molecule has 3 aromatic rings. The molecule has 2 heterocycles. The third kappa shape index (κ3) is 1.79. The van der Waals surface area contributed by atoms with Crippen molar-refractivity contribution in [1.29, 1.82) is 0 Å². The zero-order valence-electron chi connectivity index (χ0n) is 11.1. The molecule has 0 saturated heterocycles. The van der Waals surface area contributed by atoms with Gasteiger partial charge in [0.15, 0.2) is 0 Å². The number of ether oxygens (including phenoxy) is 1. The van der Waals surface area contributed by atoms with Crippen LogP contribution in [0.2, 0.25) is 0 Å². The summed E-state index contributed by atoms with van der Waals surface area (Å²) in [5, 5.41) is 1.40. The molecule has 0 aliphatic carbocycles. The van der Waals surface area contributed by atoms with Crippen molar-refractivity contribution in [3.8, 4) is 0 Å². The van der Waals surface area contributed by atoms with Crippen LogP contribution >= 0.6 is 0 Å². The lowest BCUT2D eigenvalue weighted by Crippen LogP contribution is -2.16. The number of rotatable bonds is 2. The van der Waals surface area contributed by atoms with E-state index in [2.05, 4.69) is 0 Å². The highest BCUT2D eigenvalue weighted by atomic mass is 16.5. The monoisotopic (exact) mass is 272 g/mol. The molecule has 5 heteroatoms. The fraction of sp³-hybridized carbons (Fsp3) is 0.200. The van der Waals surface area contributed by atoms with Crippen molar-refractivity contribution in [2.24, 2.45) is 0 Å². The van der Waals surface area contributed by atoms with Crippen LogP contribution in [0.25, 0.3) is 21.9 Å². The van der Waals surface area contributed by atoms with Gasteiger partial charge in [-0.25, -0.2) is 9.59 Å². The van der Waals surface area contributed by atoms with E-state index in [1.165, 1.54) is 6.07 Å². The Bertz CT molecular complexity index is 869. The molecule has 102 valence electrons. The van der Waals surface area contributed by atoms with Crippen LogP contribution in [-0.4, -0.2) is 12.6 Å². The SMILES string of the molecule is CCOC(=O)c1cc2ccc3occ(C)c3c2oc1=O. The third-order valence-corrected chi connectivity index (χ3v) is 3.12. The van der Waals surface area contributed by atoms with Gasteiger partial charge in [0, 0.05) is 5.39 Å². The van der Waals surface area contributed by atoms with E-state index in [0.29, 0.717) is 16.6 Å². The maximum atomic E-state index is 11.9. The molecule has 0 fully saturated rings. The van der Waals surface area contributed by atoms with Crippen molar-refractivity contribution in [1.82, 2.24) is 0 Å². The molecular formula is C15H12O5. The molecule has 0 atom stereocenters. The van der Waals surface area contributed by atoms with Crippen LogP contribution < -0.4 is 5.63 Å². The normalized spacial score (nSPS) is 11.1. The number of hydrogen-bond donors (Lipinski definition) is 0. The van der Waals surface area contributed by atoms with Crippen molar-refractivity contribution in [2.45, 2.75) is 13.8 Å². The van der Waals surface area contributed by atoms with Gasteiger partial charge in [-0.2, -0.15) is 0 Å². The third-order valence-electron chi connectivity index (χ3n) is 3.12. The zero-order valence-corrected chi connectivity index (χ0v) is 11.1. The summed E-state index contributed by atoms with van der Waals surface area (Å²) in [5.41, 5.74) is 1.13. The van der Waals surface area contributed by atoms with E-state index in [-0.39, 0.29) is 12.2 Å². The first-order chi connectivity index (χ1) is 9.61. The molecule has 5 nitrogen and oxygen atoms in total. The predicted molar refractivity (Wildman–Crippen MR) is 72.9 cm³/mol. The Kier molecular flexibility index (Phi) is 2.82. The van der Waals surface area contributed by atoms with Gasteiger partial charge >= 0.3 is 11.6 Å². The number of aryl methyl sites for hydroxylation is 1. The molecule has 2 aromatic heterocycles. The topological polar surface area (TPSA) is 69.7 Å². The molecule has 3 rings (SSSR count). The van der Waals surface area contributed by atoms with E-state index in [1.54, 1.807) is 25.3 Å². The second-order valence-electron chi connectivity index (χ2n) is 4.44. The maximum absolute atomic E-state index is 11.9. The van der Waals surface area contributed by atoms with Crippen molar-refractivity contribution >= 4 is 27.9 Å². The van der Waals surface area contributed by atoms with Gasteiger partial charge in [0.1, 0.15) is 16.7 Å².